The molecule has 2 nitrogen and oxygen atoms in total. The molecule has 0 amide bonds. The lowest BCUT2D eigenvalue weighted by atomic mass is 10.0. The molecular formula is C42H28N2S2. The van der Waals surface area contributed by atoms with Crippen molar-refractivity contribution in [3.05, 3.63) is 170 Å². The van der Waals surface area contributed by atoms with Gasteiger partial charge in [0.05, 0.1) is 15.7 Å². The quantitative estimate of drug-likeness (QED) is 0.179. The lowest BCUT2D eigenvalue weighted by Crippen LogP contribution is -2.08. The van der Waals surface area contributed by atoms with Crippen molar-refractivity contribution in [1.29, 1.82) is 0 Å². The summed E-state index contributed by atoms with van der Waals surface area (Å²) in [4.78, 5) is 4.95. The van der Waals surface area contributed by atoms with Gasteiger partial charge in [-0.1, -0.05) is 109 Å². The van der Waals surface area contributed by atoms with Gasteiger partial charge in [0.2, 0.25) is 0 Å². The Balaban J connectivity index is 1.16. The van der Waals surface area contributed by atoms with Gasteiger partial charge in [-0.15, -0.1) is 22.7 Å². The first-order valence-electron chi connectivity index (χ1n) is 15.4. The van der Waals surface area contributed by atoms with Crippen molar-refractivity contribution in [2.75, 3.05) is 4.90 Å². The summed E-state index contributed by atoms with van der Waals surface area (Å²) in [7, 11) is 0. The minimum Gasteiger partial charge on any atom is -0.308 e. The number of hydrogen-bond acceptors (Lipinski definition) is 3. The standard InChI is InChI=1S/C42H28N2S2/c1-3-11-29(12-4-1)31-19-22-34(23-20-31)43(35-24-21-30-13-7-8-14-32(30)27-35)41-26-25-39(45-41)40-28-38-42(46-40)36-17-9-10-18-37(36)44(38)33-15-5-2-6-16-33/h1-28H. The Kier molecular flexibility index (Phi) is 6.55. The Hall–Kier alpha value is -5.42. The Morgan fingerprint density at radius 2 is 1.11 bits per heavy atom. The van der Waals surface area contributed by atoms with E-state index in [1.165, 1.54) is 63.5 Å². The molecule has 0 aliphatic heterocycles. The summed E-state index contributed by atoms with van der Waals surface area (Å²) >= 11 is 3.73. The van der Waals surface area contributed by atoms with Crippen LogP contribution in [0.25, 0.3) is 58.5 Å². The summed E-state index contributed by atoms with van der Waals surface area (Å²) in [6.45, 7) is 0. The largest absolute Gasteiger partial charge is 0.308 e. The maximum absolute atomic E-state index is 2.40. The minimum absolute atomic E-state index is 1.14. The van der Waals surface area contributed by atoms with E-state index in [2.05, 4.69) is 179 Å². The van der Waals surface area contributed by atoms with Crippen LogP contribution >= 0.6 is 22.7 Å². The number of anilines is 3. The van der Waals surface area contributed by atoms with Gasteiger partial charge in [-0.05, 0) is 82.6 Å². The number of benzene rings is 6. The zero-order valence-electron chi connectivity index (χ0n) is 24.9. The third-order valence-electron chi connectivity index (χ3n) is 8.64. The summed E-state index contributed by atoms with van der Waals surface area (Å²) in [5.74, 6) is 0. The molecule has 4 heteroatoms. The van der Waals surface area contributed by atoms with Crippen LogP contribution in [0.2, 0.25) is 0 Å². The van der Waals surface area contributed by atoms with Crippen LogP contribution in [0.15, 0.2) is 170 Å². The minimum atomic E-state index is 1.14. The van der Waals surface area contributed by atoms with Crippen molar-refractivity contribution < 1.29 is 0 Å². The summed E-state index contributed by atoms with van der Waals surface area (Å²) < 4.78 is 3.72. The van der Waals surface area contributed by atoms with Crippen LogP contribution in [0.3, 0.4) is 0 Å². The van der Waals surface area contributed by atoms with E-state index in [0.29, 0.717) is 0 Å². The number of thiophene rings is 2. The van der Waals surface area contributed by atoms with Crippen molar-refractivity contribution in [1.82, 2.24) is 4.57 Å². The van der Waals surface area contributed by atoms with Gasteiger partial charge in [-0.25, -0.2) is 0 Å². The van der Waals surface area contributed by atoms with Gasteiger partial charge in [0, 0.05) is 32.2 Å². The Morgan fingerprint density at radius 1 is 0.435 bits per heavy atom. The third kappa shape index (κ3) is 4.62. The van der Waals surface area contributed by atoms with Gasteiger partial charge in [0.15, 0.2) is 0 Å². The molecule has 9 aromatic rings. The van der Waals surface area contributed by atoms with Gasteiger partial charge in [-0.3, -0.25) is 0 Å². The van der Waals surface area contributed by atoms with Crippen LogP contribution in [0.5, 0.6) is 0 Å². The molecule has 0 radical (unpaired) electrons. The van der Waals surface area contributed by atoms with Gasteiger partial charge >= 0.3 is 0 Å². The maximum atomic E-state index is 2.40. The van der Waals surface area contributed by atoms with Gasteiger partial charge in [0.1, 0.15) is 5.00 Å². The maximum Gasteiger partial charge on any atom is 0.101 e. The van der Waals surface area contributed by atoms with Crippen molar-refractivity contribution in [3.8, 4) is 26.6 Å². The molecule has 3 aromatic heterocycles. The van der Waals surface area contributed by atoms with Crippen molar-refractivity contribution in [2.45, 2.75) is 0 Å². The first kappa shape index (κ1) is 26.9. The topological polar surface area (TPSA) is 8.17 Å². The molecule has 3 heterocycles. The zero-order valence-corrected chi connectivity index (χ0v) is 26.5. The van der Waals surface area contributed by atoms with Gasteiger partial charge in [0.25, 0.3) is 0 Å². The third-order valence-corrected chi connectivity index (χ3v) is 11.1. The molecule has 0 atom stereocenters. The smallest absolute Gasteiger partial charge is 0.101 e. The van der Waals surface area contributed by atoms with Crippen molar-refractivity contribution >= 4 is 70.9 Å². The fraction of sp³-hybridized carbons (Fsp3) is 0. The van der Waals surface area contributed by atoms with E-state index >= 15 is 0 Å². The number of nitrogens with zero attached hydrogens (tertiary/aromatic N) is 2. The van der Waals surface area contributed by atoms with Crippen molar-refractivity contribution in [2.24, 2.45) is 0 Å². The van der Waals surface area contributed by atoms with E-state index < -0.39 is 0 Å². The molecule has 0 bridgehead atoms. The number of para-hydroxylation sites is 2. The highest BCUT2D eigenvalue weighted by Gasteiger charge is 2.20. The molecule has 46 heavy (non-hydrogen) atoms. The molecule has 0 N–H and O–H groups in total. The summed E-state index contributed by atoms with van der Waals surface area (Å²) in [5, 5.41) is 4.96. The number of fused-ring (bicyclic) bond motifs is 4. The van der Waals surface area contributed by atoms with Gasteiger partial charge < -0.3 is 9.47 Å². The molecule has 0 aliphatic carbocycles. The Labute approximate surface area is 275 Å². The Morgan fingerprint density at radius 3 is 1.93 bits per heavy atom. The summed E-state index contributed by atoms with van der Waals surface area (Å²) in [5.41, 5.74) is 8.41. The monoisotopic (exact) mass is 624 g/mol. The molecule has 0 fully saturated rings. The molecule has 9 rings (SSSR count). The van der Waals surface area contributed by atoms with Crippen LogP contribution in [0, 0.1) is 0 Å². The second-order valence-electron chi connectivity index (χ2n) is 11.4. The van der Waals surface area contributed by atoms with E-state index in [-0.39, 0.29) is 0 Å². The van der Waals surface area contributed by atoms with E-state index in [1.807, 2.05) is 22.7 Å². The van der Waals surface area contributed by atoms with E-state index in [0.717, 1.165) is 11.4 Å². The van der Waals surface area contributed by atoms with Crippen LogP contribution in [-0.2, 0) is 0 Å². The molecule has 0 aliphatic rings. The fourth-order valence-electron chi connectivity index (χ4n) is 6.44. The van der Waals surface area contributed by atoms with E-state index in [4.69, 9.17) is 0 Å². The average Bonchev–Trinajstić information content (AvgIpc) is 3.85. The second kappa shape index (κ2) is 11.2. The summed E-state index contributed by atoms with van der Waals surface area (Å²) in [6.07, 6.45) is 0. The van der Waals surface area contributed by atoms with Gasteiger partial charge in [-0.2, -0.15) is 0 Å². The number of aromatic nitrogens is 1. The first-order valence-corrected chi connectivity index (χ1v) is 17.1. The molecule has 0 saturated carbocycles. The van der Waals surface area contributed by atoms with Crippen LogP contribution in [-0.4, -0.2) is 4.57 Å². The molecular weight excluding hydrogens is 597 g/mol. The lowest BCUT2D eigenvalue weighted by molar-refractivity contribution is 1.18. The molecule has 6 aromatic carbocycles. The number of rotatable bonds is 6. The predicted octanol–water partition coefficient (Wildman–Crippen LogP) is 12.9. The number of hydrogen-bond donors (Lipinski definition) is 0. The van der Waals surface area contributed by atoms with Crippen LogP contribution in [0.4, 0.5) is 16.4 Å². The van der Waals surface area contributed by atoms with E-state index in [1.54, 1.807) is 0 Å². The molecule has 0 saturated heterocycles. The normalized spacial score (nSPS) is 11.5. The highest BCUT2D eigenvalue weighted by Crippen LogP contribution is 2.47. The SMILES string of the molecule is c1ccc(-c2ccc(N(c3ccc4ccccc4c3)c3ccc(-c4cc5c(s4)c4ccccc4n5-c4ccccc4)s3)cc2)cc1. The fourth-order valence-corrected chi connectivity index (χ4v) is 8.75. The molecule has 0 unspecified atom stereocenters. The lowest BCUT2D eigenvalue weighted by Gasteiger charge is -2.24. The van der Waals surface area contributed by atoms with Crippen LogP contribution in [0.1, 0.15) is 0 Å². The highest BCUT2D eigenvalue weighted by molar-refractivity contribution is 7.27. The zero-order chi connectivity index (χ0) is 30.5. The first-order chi connectivity index (χ1) is 22.8. The van der Waals surface area contributed by atoms with Crippen LogP contribution < -0.4 is 4.90 Å². The summed E-state index contributed by atoms with van der Waals surface area (Å²) in [6, 6.07) is 61.2. The van der Waals surface area contributed by atoms with E-state index in [9.17, 15) is 0 Å². The van der Waals surface area contributed by atoms with Crippen molar-refractivity contribution in [3.63, 3.8) is 0 Å². The predicted molar refractivity (Wildman–Crippen MR) is 200 cm³/mol. The Bertz CT molecular complexity index is 2470. The average molecular weight is 625 g/mol. The molecule has 218 valence electrons. The second-order valence-corrected chi connectivity index (χ2v) is 13.5. The highest BCUT2D eigenvalue weighted by atomic mass is 32.1. The molecule has 0 spiro atoms.